The quantitative estimate of drug-likeness (QED) is 0.237. The lowest BCUT2D eigenvalue weighted by Gasteiger charge is -1.98. The SMILES string of the molecule is O=C(O)NCCSc1nonc1C(Cl)=NO. The van der Waals surface area contributed by atoms with Crippen LogP contribution in [0.4, 0.5) is 4.79 Å². The van der Waals surface area contributed by atoms with E-state index in [1.807, 2.05) is 0 Å². The molecule has 0 saturated carbocycles. The maximum atomic E-state index is 10.1. The van der Waals surface area contributed by atoms with Gasteiger partial charge in [0, 0.05) is 12.3 Å². The van der Waals surface area contributed by atoms with Crippen LogP contribution < -0.4 is 5.32 Å². The predicted molar refractivity (Wildman–Crippen MR) is 55.2 cm³/mol. The fourth-order valence-electron chi connectivity index (χ4n) is 0.754. The van der Waals surface area contributed by atoms with E-state index < -0.39 is 6.09 Å². The first-order valence-corrected chi connectivity index (χ1v) is 5.31. The summed E-state index contributed by atoms with van der Waals surface area (Å²) < 4.78 is 4.41. The molecule has 0 atom stereocenters. The number of thioether (sulfide) groups is 1. The minimum absolute atomic E-state index is 0.115. The molecule has 3 N–H and O–H groups in total. The van der Waals surface area contributed by atoms with Crippen LogP contribution in [-0.2, 0) is 0 Å². The van der Waals surface area contributed by atoms with Crippen LogP contribution in [0.15, 0.2) is 14.8 Å². The Morgan fingerprint density at radius 3 is 3.00 bits per heavy atom. The minimum Gasteiger partial charge on any atom is -0.465 e. The maximum absolute atomic E-state index is 10.1. The highest BCUT2D eigenvalue weighted by Crippen LogP contribution is 2.20. The molecule has 8 nitrogen and oxygen atoms in total. The Kier molecular flexibility index (Phi) is 4.86. The van der Waals surface area contributed by atoms with Crippen LogP contribution in [0.3, 0.4) is 0 Å². The number of carboxylic acid groups (broad SMARTS) is 1. The Morgan fingerprint density at radius 1 is 1.62 bits per heavy atom. The van der Waals surface area contributed by atoms with Gasteiger partial charge < -0.3 is 15.6 Å². The molecule has 0 aliphatic rings. The van der Waals surface area contributed by atoms with Crippen molar-refractivity contribution in [2.45, 2.75) is 5.03 Å². The zero-order valence-electron chi connectivity index (χ0n) is 7.75. The van der Waals surface area contributed by atoms with Gasteiger partial charge in [0.25, 0.3) is 0 Å². The molecule has 1 rings (SSSR count). The molecular weight excluding hydrogens is 260 g/mol. The van der Waals surface area contributed by atoms with Gasteiger partial charge in [0.1, 0.15) is 0 Å². The summed E-state index contributed by atoms with van der Waals surface area (Å²) in [6, 6.07) is 0. The molecule has 0 radical (unpaired) electrons. The van der Waals surface area contributed by atoms with Crippen molar-refractivity contribution in [3.63, 3.8) is 0 Å². The molecule has 0 saturated heterocycles. The van der Waals surface area contributed by atoms with Gasteiger partial charge in [-0.3, -0.25) is 0 Å². The molecular formula is C6H7ClN4O4S. The normalized spacial score (nSPS) is 11.4. The third-order valence-electron chi connectivity index (χ3n) is 1.36. The highest BCUT2D eigenvalue weighted by molar-refractivity contribution is 7.99. The third kappa shape index (κ3) is 3.59. The van der Waals surface area contributed by atoms with Crippen LogP contribution in [0, 0.1) is 0 Å². The number of halogens is 1. The molecule has 1 aromatic heterocycles. The van der Waals surface area contributed by atoms with E-state index in [9.17, 15) is 4.79 Å². The van der Waals surface area contributed by atoms with Gasteiger partial charge in [-0.1, -0.05) is 28.5 Å². The van der Waals surface area contributed by atoms with Crippen LogP contribution in [0.5, 0.6) is 0 Å². The molecule has 10 heteroatoms. The van der Waals surface area contributed by atoms with Crippen LogP contribution >= 0.6 is 23.4 Å². The van der Waals surface area contributed by atoms with Gasteiger partial charge in [-0.2, -0.15) is 0 Å². The lowest BCUT2D eigenvalue weighted by molar-refractivity contribution is 0.195. The molecule has 0 bridgehead atoms. The monoisotopic (exact) mass is 266 g/mol. The Labute approximate surface area is 98.6 Å². The third-order valence-corrected chi connectivity index (χ3v) is 2.56. The molecule has 1 amide bonds. The van der Waals surface area contributed by atoms with Gasteiger partial charge in [0.15, 0.2) is 15.9 Å². The highest BCUT2D eigenvalue weighted by Gasteiger charge is 2.15. The lowest BCUT2D eigenvalue weighted by atomic mass is 10.5. The predicted octanol–water partition coefficient (Wildman–Crippen LogP) is 0.804. The van der Waals surface area contributed by atoms with E-state index in [4.69, 9.17) is 21.9 Å². The Bertz CT molecular complexity index is 396. The molecule has 0 unspecified atom stereocenters. The van der Waals surface area contributed by atoms with Gasteiger partial charge in [-0.05, 0) is 10.3 Å². The van der Waals surface area contributed by atoms with Crippen molar-refractivity contribution >= 4 is 34.6 Å². The molecule has 0 aromatic carbocycles. The lowest BCUT2D eigenvalue weighted by Crippen LogP contribution is -2.23. The standard InChI is InChI=1S/C6H7ClN4O4S/c7-4(9-14)3-5(11-15-10-3)16-2-1-8-6(12)13/h8,14H,1-2H2,(H,12,13). The number of nitrogens with zero attached hydrogens (tertiary/aromatic N) is 3. The smallest absolute Gasteiger partial charge is 0.404 e. The number of amides is 1. The number of carbonyl (C=O) groups is 1. The summed E-state index contributed by atoms with van der Waals surface area (Å²) in [5.41, 5.74) is 0.115. The van der Waals surface area contributed by atoms with Gasteiger partial charge in [-0.25, -0.2) is 9.42 Å². The summed E-state index contributed by atoms with van der Waals surface area (Å²) in [6.45, 7) is 0.236. The second kappa shape index (κ2) is 6.18. The van der Waals surface area contributed by atoms with Gasteiger partial charge in [0.05, 0.1) is 0 Å². The summed E-state index contributed by atoms with van der Waals surface area (Å²) >= 11 is 6.68. The number of rotatable bonds is 5. The molecule has 1 heterocycles. The molecule has 0 fully saturated rings. The second-order valence-corrected chi connectivity index (χ2v) is 3.83. The number of hydrogen-bond donors (Lipinski definition) is 3. The maximum Gasteiger partial charge on any atom is 0.404 e. The zero-order valence-corrected chi connectivity index (χ0v) is 9.33. The van der Waals surface area contributed by atoms with Crippen molar-refractivity contribution in [1.29, 1.82) is 0 Å². The van der Waals surface area contributed by atoms with Crippen molar-refractivity contribution in [3.05, 3.63) is 5.69 Å². The molecule has 0 aliphatic heterocycles. The molecule has 88 valence electrons. The van der Waals surface area contributed by atoms with E-state index in [1.165, 1.54) is 11.8 Å². The van der Waals surface area contributed by atoms with Crippen LogP contribution in [-0.4, -0.2) is 44.2 Å². The van der Waals surface area contributed by atoms with E-state index >= 15 is 0 Å². The van der Waals surface area contributed by atoms with Crippen molar-refractivity contribution in [2.75, 3.05) is 12.3 Å². The van der Waals surface area contributed by atoms with Crippen molar-refractivity contribution in [3.8, 4) is 0 Å². The summed E-state index contributed by atoms with van der Waals surface area (Å²) in [5.74, 6) is 0.420. The first kappa shape index (κ1) is 12.6. The van der Waals surface area contributed by atoms with E-state index in [2.05, 4.69) is 25.4 Å². The first-order chi connectivity index (χ1) is 7.65. The molecule has 1 aromatic rings. The van der Waals surface area contributed by atoms with Crippen molar-refractivity contribution in [2.24, 2.45) is 5.16 Å². The Morgan fingerprint density at radius 2 is 2.38 bits per heavy atom. The van der Waals surface area contributed by atoms with Crippen LogP contribution in [0.1, 0.15) is 5.69 Å². The van der Waals surface area contributed by atoms with Crippen molar-refractivity contribution < 1.29 is 19.7 Å². The molecule has 0 spiro atoms. The Balaban J connectivity index is 2.48. The topological polar surface area (TPSA) is 121 Å². The summed E-state index contributed by atoms with van der Waals surface area (Å²) in [6.07, 6.45) is -1.10. The van der Waals surface area contributed by atoms with Crippen LogP contribution in [0.25, 0.3) is 0 Å². The Hall–Kier alpha value is -1.48. The summed E-state index contributed by atoms with van der Waals surface area (Å²) in [7, 11) is 0. The summed E-state index contributed by atoms with van der Waals surface area (Å²) in [5, 5.41) is 28.7. The van der Waals surface area contributed by atoms with E-state index in [1.54, 1.807) is 0 Å². The number of oxime groups is 1. The number of hydrogen-bond acceptors (Lipinski definition) is 7. The number of nitrogens with one attached hydrogen (secondary N) is 1. The average molecular weight is 267 g/mol. The largest absolute Gasteiger partial charge is 0.465 e. The van der Waals surface area contributed by atoms with Gasteiger partial charge >= 0.3 is 6.09 Å². The van der Waals surface area contributed by atoms with Crippen molar-refractivity contribution in [1.82, 2.24) is 15.6 Å². The summed E-state index contributed by atoms with van der Waals surface area (Å²) in [4.78, 5) is 10.1. The zero-order chi connectivity index (χ0) is 12.0. The first-order valence-electron chi connectivity index (χ1n) is 3.95. The van der Waals surface area contributed by atoms with E-state index in [0.29, 0.717) is 10.8 Å². The van der Waals surface area contributed by atoms with E-state index in [-0.39, 0.29) is 17.4 Å². The van der Waals surface area contributed by atoms with Gasteiger partial charge in [0.2, 0.25) is 0 Å². The number of aromatic nitrogens is 2. The molecule has 0 aliphatic carbocycles. The average Bonchev–Trinajstić information content (AvgIpc) is 2.71. The van der Waals surface area contributed by atoms with Crippen LogP contribution in [0.2, 0.25) is 0 Å². The van der Waals surface area contributed by atoms with E-state index in [0.717, 1.165) is 0 Å². The van der Waals surface area contributed by atoms with Gasteiger partial charge in [-0.15, -0.1) is 0 Å². The fraction of sp³-hybridized carbons (Fsp3) is 0.333. The highest BCUT2D eigenvalue weighted by atomic mass is 35.5. The molecule has 16 heavy (non-hydrogen) atoms. The fourth-order valence-corrected chi connectivity index (χ4v) is 1.69. The minimum atomic E-state index is -1.10. The second-order valence-electron chi connectivity index (χ2n) is 2.39.